The first-order chi connectivity index (χ1) is 7.04. The van der Waals surface area contributed by atoms with Gasteiger partial charge in [0.25, 0.3) is 7.82 Å². The Bertz CT molecular complexity index is 304. The predicted octanol–water partition coefficient (Wildman–Crippen LogP) is 1.85. The van der Waals surface area contributed by atoms with E-state index in [1.165, 1.54) is 0 Å². The summed E-state index contributed by atoms with van der Waals surface area (Å²) >= 11 is 0. The maximum Gasteiger partial charge on any atom is 0.453 e. The fourth-order valence-electron chi connectivity index (χ4n) is 1.10. The van der Waals surface area contributed by atoms with Gasteiger partial charge in [0, 0.05) is 6.42 Å². The number of hydrogen-bond acceptors (Lipinski definition) is 4. The standard InChI is InChI=1S/C6H8F5O4P/c7-5(8,6(9,10)11)3-4-1-2-14-16(12,13)15-4/h4H,1-3H2,(H,12,13)/p-1. The van der Waals surface area contributed by atoms with Crippen molar-refractivity contribution in [1.82, 2.24) is 0 Å². The lowest BCUT2D eigenvalue weighted by atomic mass is 10.1. The fraction of sp³-hybridized carbons (Fsp3) is 1.00. The number of phosphoric ester groups is 1. The van der Waals surface area contributed by atoms with Crippen LogP contribution >= 0.6 is 7.82 Å². The van der Waals surface area contributed by atoms with Gasteiger partial charge in [0.2, 0.25) is 0 Å². The van der Waals surface area contributed by atoms with Crippen LogP contribution in [0.25, 0.3) is 0 Å². The van der Waals surface area contributed by atoms with Gasteiger partial charge in [-0.1, -0.05) is 0 Å². The molecular formula is C6H7F5O4P-. The number of alkyl halides is 5. The van der Waals surface area contributed by atoms with Gasteiger partial charge in [-0.3, -0.25) is 4.57 Å². The van der Waals surface area contributed by atoms with E-state index < -0.39 is 39.1 Å². The van der Waals surface area contributed by atoms with Gasteiger partial charge in [-0.25, -0.2) is 0 Å². The number of halogens is 5. The molecule has 1 saturated heterocycles. The quantitative estimate of drug-likeness (QED) is 0.567. The topological polar surface area (TPSA) is 58.6 Å². The highest BCUT2D eigenvalue weighted by atomic mass is 31.2. The first-order valence-corrected chi connectivity index (χ1v) is 5.58. The molecule has 0 N–H and O–H groups in total. The largest absolute Gasteiger partial charge is 0.756 e. The normalized spacial score (nSPS) is 32.8. The molecule has 1 aliphatic heterocycles. The van der Waals surface area contributed by atoms with Crippen molar-refractivity contribution >= 4 is 7.82 Å². The summed E-state index contributed by atoms with van der Waals surface area (Å²) in [6.45, 7) is -0.459. The van der Waals surface area contributed by atoms with Crippen LogP contribution in [0.2, 0.25) is 0 Å². The summed E-state index contributed by atoms with van der Waals surface area (Å²) in [5.41, 5.74) is 0. The van der Waals surface area contributed by atoms with E-state index in [1.54, 1.807) is 0 Å². The zero-order valence-corrected chi connectivity index (χ0v) is 8.56. The molecule has 4 nitrogen and oxygen atoms in total. The first kappa shape index (κ1) is 13.8. The summed E-state index contributed by atoms with van der Waals surface area (Å²) in [6, 6.07) is 0. The lowest BCUT2D eigenvalue weighted by Crippen LogP contribution is -2.41. The van der Waals surface area contributed by atoms with Crippen molar-refractivity contribution in [2.24, 2.45) is 0 Å². The van der Waals surface area contributed by atoms with Crippen molar-refractivity contribution in [2.45, 2.75) is 31.0 Å². The van der Waals surface area contributed by atoms with Crippen molar-refractivity contribution in [3.8, 4) is 0 Å². The summed E-state index contributed by atoms with van der Waals surface area (Å²) in [5.74, 6) is -4.98. The third kappa shape index (κ3) is 3.38. The molecule has 10 heteroatoms. The highest BCUT2D eigenvalue weighted by Crippen LogP contribution is 2.48. The molecule has 0 aromatic carbocycles. The van der Waals surface area contributed by atoms with E-state index in [0.29, 0.717) is 0 Å². The Hall–Kier alpha value is -0.240. The number of rotatable bonds is 2. The molecule has 0 bridgehead atoms. The van der Waals surface area contributed by atoms with E-state index in [-0.39, 0.29) is 6.42 Å². The smallest absolute Gasteiger partial charge is 0.453 e. The van der Waals surface area contributed by atoms with Crippen LogP contribution in [0.5, 0.6) is 0 Å². The van der Waals surface area contributed by atoms with Gasteiger partial charge in [0.05, 0.1) is 12.7 Å². The van der Waals surface area contributed by atoms with Crippen LogP contribution in [0, 0.1) is 0 Å². The number of hydrogen-bond donors (Lipinski definition) is 0. The molecule has 2 unspecified atom stereocenters. The summed E-state index contributed by atoms with van der Waals surface area (Å²) in [7, 11) is -4.73. The monoisotopic (exact) mass is 269 g/mol. The maximum atomic E-state index is 12.5. The summed E-state index contributed by atoms with van der Waals surface area (Å²) in [4.78, 5) is 10.7. The second kappa shape index (κ2) is 4.21. The van der Waals surface area contributed by atoms with Gasteiger partial charge in [-0.15, -0.1) is 0 Å². The second-order valence-electron chi connectivity index (χ2n) is 3.20. The van der Waals surface area contributed by atoms with Gasteiger partial charge in [0.1, 0.15) is 0 Å². The van der Waals surface area contributed by atoms with E-state index in [9.17, 15) is 31.4 Å². The Morgan fingerprint density at radius 3 is 2.31 bits per heavy atom. The van der Waals surface area contributed by atoms with Crippen LogP contribution < -0.4 is 4.89 Å². The fourth-order valence-corrected chi connectivity index (χ4v) is 2.04. The predicted molar refractivity (Wildman–Crippen MR) is 38.7 cm³/mol. The SMILES string of the molecule is O=P1([O-])OCCC(CC(F)(F)C(F)(F)F)O1. The molecule has 0 aromatic heterocycles. The molecule has 0 amide bonds. The van der Waals surface area contributed by atoms with Gasteiger partial charge in [-0.05, 0) is 6.42 Å². The average molecular weight is 269 g/mol. The maximum absolute atomic E-state index is 12.5. The lowest BCUT2D eigenvalue weighted by Gasteiger charge is -2.34. The molecule has 0 saturated carbocycles. The minimum atomic E-state index is -5.72. The van der Waals surface area contributed by atoms with Gasteiger partial charge in [0.15, 0.2) is 0 Å². The Kier molecular flexibility index (Phi) is 3.64. The summed E-state index contributed by atoms with van der Waals surface area (Å²) in [6.07, 6.45) is -9.50. The molecule has 0 spiro atoms. The molecule has 1 rings (SSSR count). The molecule has 2 atom stereocenters. The molecule has 0 aromatic rings. The minimum absolute atomic E-state index is 0.335. The van der Waals surface area contributed by atoms with Gasteiger partial charge < -0.3 is 13.9 Å². The molecule has 1 heterocycles. The van der Waals surface area contributed by atoms with E-state index in [0.717, 1.165) is 0 Å². The van der Waals surface area contributed by atoms with Crippen LogP contribution in [0.3, 0.4) is 0 Å². The Morgan fingerprint density at radius 1 is 1.31 bits per heavy atom. The molecule has 1 aliphatic rings. The van der Waals surface area contributed by atoms with E-state index >= 15 is 0 Å². The van der Waals surface area contributed by atoms with Crippen molar-refractivity contribution in [2.75, 3.05) is 6.61 Å². The Balaban J connectivity index is 2.64. The zero-order chi connectivity index (χ0) is 12.6. The Morgan fingerprint density at radius 2 is 1.88 bits per heavy atom. The van der Waals surface area contributed by atoms with Crippen molar-refractivity contribution in [3.63, 3.8) is 0 Å². The highest BCUT2D eigenvalue weighted by Gasteiger charge is 2.58. The molecule has 16 heavy (non-hydrogen) atoms. The molecule has 0 aliphatic carbocycles. The van der Waals surface area contributed by atoms with Crippen LogP contribution in [0.15, 0.2) is 0 Å². The van der Waals surface area contributed by atoms with Crippen LogP contribution in [0.1, 0.15) is 12.8 Å². The van der Waals surface area contributed by atoms with E-state index in [1.807, 2.05) is 0 Å². The highest BCUT2D eigenvalue weighted by molar-refractivity contribution is 7.45. The third-order valence-electron chi connectivity index (χ3n) is 1.87. The van der Waals surface area contributed by atoms with Gasteiger partial charge >= 0.3 is 12.1 Å². The average Bonchev–Trinajstić information content (AvgIpc) is 1.98. The van der Waals surface area contributed by atoms with Gasteiger partial charge in [-0.2, -0.15) is 22.0 Å². The first-order valence-electron chi connectivity index (χ1n) is 4.12. The van der Waals surface area contributed by atoms with Crippen LogP contribution in [-0.2, 0) is 13.6 Å². The Labute approximate surface area is 87.0 Å². The van der Waals surface area contributed by atoms with Crippen molar-refractivity contribution in [1.29, 1.82) is 0 Å². The van der Waals surface area contributed by atoms with Crippen molar-refractivity contribution < 1.29 is 40.5 Å². The lowest BCUT2D eigenvalue weighted by molar-refractivity contribution is -0.294. The molecule has 1 fully saturated rings. The van der Waals surface area contributed by atoms with Crippen LogP contribution in [-0.4, -0.2) is 24.8 Å². The summed E-state index contributed by atoms with van der Waals surface area (Å²) < 4.78 is 79.2. The van der Waals surface area contributed by atoms with Crippen LogP contribution in [0.4, 0.5) is 22.0 Å². The summed E-state index contributed by atoms with van der Waals surface area (Å²) in [5, 5.41) is 0. The molecular weight excluding hydrogens is 262 g/mol. The number of phosphoric acid groups is 1. The van der Waals surface area contributed by atoms with Crippen molar-refractivity contribution in [3.05, 3.63) is 0 Å². The molecule has 96 valence electrons. The second-order valence-corrected chi connectivity index (χ2v) is 4.57. The van der Waals surface area contributed by atoms with E-state index in [2.05, 4.69) is 9.05 Å². The third-order valence-corrected chi connectivity index (χ3v) is 2.92. The zero-order valence-electron chi connectivity index (χ0n) is 7.67. The minimum Gasteiger partial charge on any atom is -0.756 e. The van der Waals surface area contributed by atoms with E-state index in [4.69, 9.17) is 0 Å². The molecule has 0 radical (unpaired) electrons.